The topological polar surface area (TPSA) is 0 Å². The molecule has 100 valence electrons. The molecule has 0 N–H and O–H groups in total. The summed E-state index contributed by atoms with van der Waals surface area (Å²) in [6.07, 6.45) is 4.22. The summed E-state index contributed by atoms with van der Waals surface area (Å²) in [5, 5.41) is 0. The van der Waals surface area contributed by atoms with Crippen molar-refractivity contribution in [3.8, 4) is 0 Å². The van der Waals surface area contributed by atoms with Gasteiger partial charge in [0.05, 0.1) is 0 Å². The Morgan fingerprint density at radius 1 is 0.833 bits per heavy atom. The molecule has 1 aromatic rings. The summed E-state index contributed by atoms with van der Waals surface area (Å²) in [7, 11) is 0. The van der Waals surface area contributed by atoms with Crippen molar-refractivity contribution in [1.82, 2.24) is 0 Å². The number of aryl methyl sites for hydroxylation is 1. The molecule has 0 fully saturated rings. The fraction of sp³-hybridized carbons (Fsp3) is 0.625. The van der Waals surface area contributed by atoms with Crippen molar-refractivity contribution in [2.45, 2.75) is 56.9 Å². The second-order valence-electron chi connectivity index (χ2n) is 8.03. The predicted molar refractivity (Wildman–Crippen MR) is 87.9 cm³/mol. The van der Waals surface area contributed by atoms with E-state index in [4.69, 9.17) is 0 Å². The molecule has 0 spiro atoms. The van der Waals surface area contributed by atoms with Crippen LogP contribution in [0.3, 0.4) is 0 Å². The van der Waals surface area contributed by atoms with Crippen molar-refractivity contribution in [2.24, 2.45) is 0 Å². The van der Waals surface area contributed by atoms with E-state index in [0.29, 0.717) is 0 Å². The molecule has 0 bridgehead atoms. The van der Waals surface area contributed by atoms with Crippen LogP contribution in [0.4, 0.5) is 0 Å². The van der Waals surface area contributed by atoms with E-state index < -0.39 is 26.5 Å². The van der Waals surface area contributed by atoms with Crippen molar-refractivity contribution in [1.29, 1.82) is 0 Å². The monoisotopic (exact) mass is 368 g/mol. The van der Waals surface area contributed by atoms with Gasteiger partial charge in [0.2, 0.25) is 0 Å². The van der Waals surface area contributed by atoms with Gasteiger partial charge in [-0.15, -0.1) is 0 Å². The zero-order valence-corrected chi connectivity index (χ0v) is 17.1. The third-order valence-corrected chi connectivity index (χ3v) is 35.5. The standard InChI is InChI=1S/C16H28Ge2/c1-17(2,3)16(18(4,5)6)12-11-14-9-7-8-10-15(14)13-16/h7-10H,11-13H2,1-6H3. The minimum atomic E-state index is -1.67. The molecule has 0 aromatic heterocycles. The van der Waals surface area contributed by atoms with Gasteiger partial charge >= 0.3 is 119 Å². The third-order valence-electron chi connectivity index (χ3n) is 5.30. The van der Waals surface area contributed by atoms with Crippen molar-refractivity contribution < 1.29 is 0 Å². The molecule has 1 aliphatic rings. The first-order valence-corrected chi connectivity index (χ1v) is 21.9. The number of fused-ring (bicyclic) bond motifs is 1. The van der Waals surface area contributed by atoms with Crippen molar-refractivity contribution in [3.05, 3.63) is 35.4 Å². The number of rotatable bonds is 2. The maximum absolute atomic E-state index is 2.66. The van der Waals surface area contributed by atoms with Crippen LogP contribution in [0.25, 0.3) is 0 Å². The SMILES string of the molecule is [CH3][Ge]([CH3])([CH3])[C]1([Ge]([CH3])([CH3])[CH3])CCc2ccccc2C1. The van der Waals surface area contributed by atoms with Gasteiger partial charge in [-0.3, -0.25) is 0 Å². The summed E-state index contributed by atoms with van der Waals surface area (Å²) in [5.41, 5.74) is 3.30. The maximum atomic E-state index is 2.66. The third kappa shape index (κ3) is 2.35. The Bertz CT molecular complexity index is 421. The Labute approximate surface area is 118 Å². The Hall–Kier alpha value is 0.306. The van der Waals surface area contributed by atoms with Gasteiger partial charge in [0, 0.05) is 0 Å². The van der Waals surface area contributed by atoms with Crippen LogP contribution in [0.15, 0.2) is 24.3 Å². The molecule has 0 unspecified atom stereocenters. The molecule has 0 atom stereocenters. The fourth-order valence-electron chi connectivity index (χ4n) is 4.14. The molecule has 0 radical (unpaired) electrons. The quantitative estimate of drug-likeness (QED) is 0.637. The van der Waals surface area contributed by atoms with E-state index in [2.05, 4.69) is 58.8 Å². The van der Waals surface area contributed by atoms with Crippen molar-refractivity contribution in [2.75, 3.05) is 0 Å². The molecule has 1 aromatic carbocycles. The van der Waals surface area contributed by atoms with Crippen LogP contribution < -0.4 is 0 Å². The van der Waals surface area contributed by atoms with E-state index in [0.717, 1.165) is 3.08 Å². The van der Waals surface area contributed by atoms with Crippen LogP contribution in [0.1, 0.15) is 17.5 Å². The first kappa shape index (κ1) is 14.7. The molecule has 2 rings (SSSR count). The minimum absolute atomic E-state index is 0.772. The van der Waals surface area contributed by atoms with E-state index in [1.165, 1.54) is 19.3 Å². The summed E-state index contributed by atoms with van der Waals surface area (Å²) in [5.74, 6) is 15.9. The van der Waals surface area contributed by atoms with Crippen molar-refractivity contribution >= 4 is 26.5 Å². The van der Waals surface area contributed by atoms with Gasteiger partial charge in [-0.1, -0.05) is 0 Å². The Morgan fingerprint density at radius 3 is 1.83 bits per heavy atom. The molecule has 2 heteroatoms. The van der Waals surface area contributed by atoms with E-state index >= 15 is 0 Å². The van der Waals surface area contributed by atoms with Crippen LogP contribution in [0.2, 0.25) is 37.6 Å². The molecule has 0 heterocycles. The Kier molecular flexibility index (Phi) is 3.84. The normalized spacial score (nSPS) is 19.4. The van der Waals surface area contributed by atoms with Crippen molar-refractivity contribution in [3.63, 3.8) is 0 Å². The van der Waals surface area contributed by atoms with Crippen LogP contribution in [-0.4, -0.2) is 26.5 Å². The van der Waals surface area contributed by atoms with Gasteiger partial charge in [-0.25, -0.2) is 0 Å². The second-order valence-corrected chi connectivity index (χ2v) is 33.1. The Morgan fingerprint density at radius 2 is 1.33 bits per heavy atom. The average Bonchev–Trinajstić information content (AvgIpc) is 2.25. The first-order chi connectivity index (χ1) is 8.17. The van der Waals surface area contributed by atoms with Crippen LogP contribution in [0.5, 0.6) is 0 Å². The van der Waals surface area contributed by atoms with E-state index in [9.17, 15) is 0 Å². The average molecular weight is 366 g/mol. The molecule has 18 heavy (non-hydrogen) atoms. The van der Waals surface area contributed by atoms with Crippen LogP contribution in [-0.2, 0) is 12.8 Å². The molecule has 0 saturated carbocycles. The van der Waals surface area contributed by atoms with Gasteiger partial charge in [0.25, 0.3) is 0 Å². The molecular formula is C16H28Ge2. The van der Waals surface area contributed by atoms with Gasteiger partial charge in [-0.2, -0.15) is 0 Å². The second kappa shape index (κ2) is 4.69. The summed E-state index contributed by atoms with van der Waals surface area (Å²) >= 11 is -3.34. The van der Waals surface area contributed by atoms with Gasteiger partial charge < -0.3 is 0 Å². The molecule has 0 nitrogen and oxygen atoms in total. The summed E-state index contributed by atoms with van der Waals surface area (Å²) in [6, 6.07) is 9.19. The summed E-state index contributed by atoms with van der Waals surface area (Å²) in [4.78, 5) is 0. The number of hydrogen-bond acceptors (Lipinski definition) is 0. The summed E-state index contributed by atoms with van der Waals surface area (Å²) in [6.45, 7) is 0. The zero-order valence-electron chi connectivity index (χ0n) is 12.9. The van der Waals surface area contributed by atoms with E-state index in [-0.39, 0.29) is 0 Å². The van der Waals surface area contributed by atoms with Gasteiger partial charge in [-0.05, 0) is 0 Å². The molecule has 1 aliphatic carbocycles. The molecule has 0 amide bonds. The van der Waals surface area contributed by atoms with Crippen LogP contribution >= 0.6 is 0 Å². The van der Waals surface area contributed by atoms with E-state index in [1.807, 2.05) is 0 Å². The zero-order chi connectivity index (χ0) is 13.6. The summed E-state index contributed by atoms with van der Waals surface area (Å²) < 4.78 is 0.772. The first-order valence-electron chi connectivity index (χ1n) is 7.24. The van der Waals surface area contributed by atoms with E-state index in [1.54, 1.807) is 11.1 Å². The number of benzene rings is 1. The molecular weight excluding hydrogens is 337 g/mol. The van der Waals surface area contributed by atoms with Gasteiger partial charge in [0.1, 0.15) is 0 Å². The predicted octanol–water partition coefficient (Wildman–Crippen LogP) is 5.13. The van der Waals surface area contributed by atoms with Gasteiger partial charge in [0.15, 0.2) is 0 Å². The molecule has 0 aliphatic heterocycles. The number of hydrogen-bond donors (Lipinski definition) is 0. The fourth-order valence-corrected chi connectivity index (χ4v) is 40.1. The Balaban J connectivity index is 2.49. The molecule has 0 saturated heterocycles. The van der Waals surface area contributed by atoms with Crippen LogP contribution in [0, 0.1) is 0 Å².